The summed E-state index contributed by atoms with van der Waals surface area (Å²) in [4.78, 5) is 17.7. The van der Waals surface area contributed by atoms with Crippen molar-refractivity contribution in [3.63, 3.8) is 0 Å². The van der Waals surface area contributed by atoms with Crippen molar-refractivity contribution in [1.82, 2.24) is 4.98 Å². The first-order valence-electron chi connectivity index (χ1n) is 6.99. The molecule has 1 aromatic heterocycles. The Labute approximate surface area is 118 Å². The average molecular weight is 281 g/mol. The molecule has 1 aliphatic rings. The van der Waals surface area contributed by atoms with E-state index >= 15 is 0 Å². The maximum Gasteiger partial charge on any atom is 0.226 e. The van der Waals surface area contributed by atoms with Gasteiger partial charge in [-0.2, -0.15) is 0 Å². The van der Waals surface area contributed by atoms with E-state index in [4.69, 9.17) is 5.73 Å². The maximum atomic E-state index is 11.9. The summed E-state index contributed by atoms with van der Waals surface area (Å²) in [5.41, 5.74) is 6.90. The number of carbonyl (C=O) groups is 1. The highest BCUT2D eigenvalue weighted by molar-refractivity contribution is 7.15. The summed E-state index contributed by atoms with van der Waals surface area (Å²) in [5, 5.41) is 3.69. The predicted molar refractivity (Wildman–Crippen MR) is 79.5 cm³/mol. The van der Waals surface area contributed by atoms with Crippen LogP contribution in [-0.2, 0) is 17.6 Å². The van der Waals surface area contributed by atoms with Crippen molar-refractivity contribution < 1.29 is 4.79 Å². The molecule has 0 bridgehead atoms. The van der Waals surface area contributed by atoms with Crippen molar-refractivity contribution in [2.75, 3.05) is 11.9 Å². The van der Waals surface area contributed by atoms with Crippen LogP contribution in [0.5, 0.6) is 0 Å². The molecule has 4 nitrogen and oxygen atoms in total. The summed E-state index contributed by atoms with van der Waals surface area (Å²) in [6, 6.07) is 0. The van der Waals surface area contributed by atoms with E-state index < -0.39 is 0 Å². The van der Waals surface area contributed by atoms with Crippen LogP contribution in [0.3, 0.4) is 0 Å². The van der Waals surface area contributed by atoms with Gasteiger partial charge in [0.2, 0.25) is 5.91 Å². The van der Waals surface area contributed by atoms with Crippen LogP contribution in [0.4, 0.5) is 5.13 Å². The number of aryl methyl sites for hydroxylation is 2. The molecule has 0 aromatic carbocycles. The van der Waals surface area contributed by atoms with Crippen LogP contribution in [0.2, 0.25) is 0 Å². The molecule has 0 spiro atoms. The highest BCUT2D eigenvalue weighted by Crippen LogP contribution is 2.31. The highest BCUT2D eigenvalue weighted by atomic mass is 32.1. The SMILES string of the molecule is CC(C)(CCN)CCC(=O)Nc1nc2c(s1)CCC2. The van der Waals surface area contributed by atoms with E-state index in [1.807, 2.05) is 0 Å². The molecule has 1 aromatic rings. The van der Waals surface area contributed by atoms with Crippen molar-refractivity contribution >= 4 is 22.4 Å². The zero-order chi connectivity index (χ0) is 13.9. The molecule has 1 heterocycles. The summed E-state index contributed by atoms with van der Waals surface area (Å²) in [7, 11) is 0. The van der Waals surface area contributed by atoms with Crippen molar-refractivity contribution in [3.05, 3.63) is 10.6 Å². The molecule has 0 unspecified atom stereocenters. The fraction of sp³-hybridized carbons (Fsp3) is 0.714. The van der Waals surface area contributed by atoms with Gasteiger partial charge in [-0.3, -0.25) is 4.79 Å². The monoisotopic (exact) mass is 281 g/mol. The molecule has 1 amide bonds. The van der Waals surface area contributed by atoms with Gasteiger partial charge in [-0.1, -0.05) is 13.8 Å². The van der Waals surface area contributed by atoms with E-state index in [-0.39, 0.29) is 11.3 Å². The normalized spacial score (nSPS) is 14.5. The van der Waals surface area contributed by atoms with Gasteiger partial charge in [-0.15, -0.1) is 11.3 Å². The summed E-state index contributed by atoms with van der Waals surface area (Å²) in [6.45, 7) is 4.99. The molecule has 5 heteroatoms. The zero-order valence-electron chi connectivity index (χ0n) is 11.8. The second kappa shape index (κ2) is 6.01. The average Bonchev–Trinajstić information content (AvgIpc) is 2.87. The maximum absolute atomic E-state index is 11.9. The first-order chi connectivity index (χ1) is 9.00. The largest absolute Gasteiger partial charge is 0.330 e. The van der Waals surface area contributed by atoms with Gasteiger partial charge in [0.05, 0.1) is 5.69 Å². The number of anilines is 1. The Hall–Kier alpha value is -0.940. The molecule has 106 valence electrons. The Balaban J connectivity index is 1.81. The van der Waals surface area contributed by atoms with Crippen LogP contribution in [0.25, 0.3) is 0 Å². The molecule has 0 saturated heterocycles. The molecule has 0 radical (unpaired) electrons. The number of fused-ring (bicyclic) bond motifs is 1. The van der Waals surface area contributed by atoms with E-state index in [9.17, 15) is 4.79 Å². The smallest absolute Gasteiger partial charge is 0.226 e. The Morgan fingerprint density at radius 3 is 2.89 bits per heavy atom. The number of nitrogens with zero attached hydrogens (tertiary/aromatic N) is 1. The van der Waals surface area contributed by atoms with Crippen molar-refractivity contribution in [2.45, 2.75) is 52.4 Å². The molecular formula is C14H23N3OS. The van der Waals surface area contributed by atoms with E-state index in [0.717, 1.165) is 30.8 Å². The molecule has 2 rings (SSSR count). The minimum absolute atomic E-state index is 0.0671. The number of amides is 1. The second-order valence-electron chi connectivity index (χ2n) is 5.99. The number of thiazole rings is 1. The van der Waals surface area contributed by atoms with Crippen LogP contribution < -0.4 is 11.1 Å². The molecule has 0 saturated carbocycles. The lowest BCUT2D eigenvalue weighted by atomic mass is 9.84. The number of nitrogens with two attached hydrogens (primary N) is 1. The highest BCUT2D eigenvalue weighted by Gasteiger charge is 2.20. The summed E-state index contributed by atoms with van der Waals surface area (Å²) in [6.07, 6.45) is 5.73. The number of carbonyl (C=O) groups excluding carboxylic acids is 1. The van der Waals surface area contributed by atoms with Gasteiger partial charge in [0.1, 0.15) is 0 Å². The van der Waals surface area contributed by atoms with Crippen LogP contribution in [0, 0.1) is 5.41 Å². The Bertz CT molecular complexity index is 432. The van der Waals surface area contributed by atoms with Gasteiger partial charge in [0, 0.05) is 11.3 Å². The summed E-state index contributed by atoms with van der Waals surface area (Å²) >= 11 is 1.63. The van der Waals surface area contributed by atoms with E-state index in [1.54, 1.807) is 11.3 Å². The standard InChI is InChI=1S/C14H23N3OS/c1-14(2,8-9-15)7-6-12(18)17-13-16-10-4-3-5-11(10)19-13/h3-9,15H2,1-2H3,(H,16,17,18). The minimum atomic E-state index is 0.0671. The second-order valence-corrected chi connectivity index (χ2v) is 7.08. The minimum Gasteiger partial charge on any atom is -0.330 e. The van der Waals surface area contributed by atoms with Crippen molar-refractivity contribution in [3.8, 4) is 0 Å². The lowest BCUT2D eigenvalue weighted by molar-refractivity contribution is -0.116. The lowest BCUT2D eigenvalue weighted by Gasteiger charge is -2.23. The number of nitrogens with one attached hydrogen (secondary N) is 1. The number of hydrogen-bond acceptors (Lipinski definition) is 4. The van der Waals surface area contributed by atoms with E-state index in [1.165, 1.54) is 17.0 Å². The Kier molecular flexibility index (Phi) is 4.58. The third-order valence-corrected chi connectivity index (χ3v) is 4.76. The van der Waals surface area contributed by atoms with Gasteiger partial charge in [0.25, 0.3) is 0 Å². The van der Waals surface area contributed by atoms with Crippen LogP contribution in [0.15, 0.2) is 0 Å². The van der Waals surface area contributed by atoms with Crippen LogP contribution >= 0.6 is 11.3 Å². The van der Waals surface area contributed by atoms with Crippen LogP contribution in [-0.4, -0.2) is 17.4 Å². The molecular weight excluding hydrogens is 258 g/mol. The molecule has 0 atom stereocenters. The molecule has 0 fully saturated rings. The number of aromatic nitrogens is 1. The summed E-state index contributed by atoms with van der Waals surface area (Å²) in [5.74, 6) is 0.0671. The van der Waals surface area contributed by atoms with E-state index in [2.05, 4.69) is 24.1 Å². The molecule has 19 heavy (non-hydrogen) atoms. The van der Waals surface area contributed by atoms with Gasteiger partial charge in [-0.05, 0) is 44.1 Å². The fourth-order valence-corrected chi connectivity index (χ4v) is 3.46. The van der Waals surface area contributed by atoms with Crippen molar-refractivity contribution in [1.29, 1.82) is 0 Å². The molecule has 1 aliphatic carbocycles. The summed E-state index contributed by atoms with van der Waals surface area (Å²) < 4.78 is 0. The van der Waals surface area contributed by atoms with E-state index in [0.29, 0.717) is 13.0 Å². The fourth-order valence-electron chi connectivity index (χ4n) is 2.39. The Morgan fingerprint density at radius 2 is 2.21 bits per heavy atom. The van der Waals surface area contributed by atoms with Gasteiger partial charge in [0.15, 0.2) is 5.13 Å². The topological polar surface area (TPSA) is 68.0 Å². The first kappa shape index (κ1) is 14.5. The number of hydrogen-bond donors (Lipinski definition) is 2. The zero-order valence-corrected chi connectivity index (χ0v) is 12.6. The third-order valence-electron chi connectivity index (χ3n) is 3.69. The van der Waals surface area contributed by atoms with Gasteiger partial charge in [-0.25, -0.2) is 4.98 Å². The molecule has 3 N–H and O–H groups in total. The van der Waals surface area contributed by atoms with Gasteiger partial charge >= 0.3 is 0 Å². The third kappa shape index (κ3) is 4.01. The Morgan fingerprint density at radius 1 is 1.42 bits per heavy atom. The number of rotatable bonds is 6. The van der Waals surface area contributed by atoms with Crippen molar-refractivity contribution in [2.24, 2.45) is 11.1 Å². The quantitative estimate of drug-likeness (QED) is 0.842. The lowest BCUT2D eigenvalue weighted by Crippen LogP contribution is -2.20. The van der Waals surface area contributed by atoms with Gasteiger partial charge < -0.3 is 11.1 Å². The predicted octanol–water partition coefficient (Wildman–Crippen LogP) is 2.73. The first-order valence-corrected chi connectivity index (χ1v) is 7.80. The van der Waals surface area contributed by atoms with Crippen LogP contribution in [0.1, 0.15) is 50.1 Å². The molecule has 0 aliphatic heterocycles.